The summed E-state index contributed by atoms with van der Waals surface area (Å²) < 4.78 is 6.99. The molecular weight excluding hydrogens is 428 g/mol. The smallest absolute Gasteiger partial charge is 0.339 e. The van der Waals surface area contributed by atoms with Gasteiger partial charge < -0.3 is 10.1 Å². The van der Waals surface area contributed by atoms with Crippen LogP contribution in [0.1, 0.15) is 34.6 Å². The van der Waals surface area contributed by atoms with Gasteiger partial charge in [0.1, 0.15) is 0 Å². The highest BCUT2D eigenvalue weighted by molar-refractivity contribution is 7.13. The molecule has 0 atom stereocenters. The van der Waals surface area contributed by atoms with E-state index in [1.165, 1.54) is 18.3 Å². The fourth-order valence-electron chi connectivity index (χ4n) is 3.29. The van der Waals surface area contributed by atoms with Gasteiger partial charge in [0.15, 0.2) is 18.0 Å². The number of ether oxygens (including phenoxy) is 1. The molecule has 1 aromatic carbocycles. The second-order valence-electron chi connectivity index (χ2n) is 6.96. The number of pyridine rings is 1. The minimum absolute atomic E-state index is 0.175. The van der Waals surface area contributed by atoms with E-state index >= 15 is 0 Å². The molecule has 3 heterocycles. The maximum atomic E-state index is 12.9. The molecule has 4 aromatic rings. The number of thiophene rings is 1. The van der Waals surface area contributed by atoms with E-state index in [1.807, 2.05) is 24.4 Å². The minimum atomic E-state index is -0.652. The number of anilines is 1. The molecule has 8 nitrogen and oxygen atoms in total. The van der Waals surface area contributed by atoms with Crippen LogP contribution in [0.2, 0.25) is 0 Å². The van der Waals surface area contributed by atoms with E-state index in [9.17, 15) is 14.4 Å². The van der Waals surface area contributed by atoms with Crippen molar-refractivity contribution >= 4 is 45.7 Å². The molecule has 0 aliphatic carbocycles. The number of fused-ring (bicyclic) bond motifs is 1. The molecule has 0 radical (unpaired) electrons. The van der Waals surface area contributed by atoms with Crippen molar-refractivity contribution in [1.29, 1.82) is 0 Å². The average molecular weight is 449 g/mol. The van der Waals surface area contributed by atoms with E-state index in [1.54, 1.807) is 41.2 Å². The molecule has 0 bridgehead atoms. The van der Waals surface area contributed by atoms with Gasteiger partial charge in [-0.1, -0.05) is 18.2 Å². The first kappa shape index (κ1) is 21.4. The fraction of sp³-hybridized carbons (Fsp3) is 0.174. The number of hydrogen-bond acceptors (Lipinski definition) is 7. The SMILES string of the molecule is CCn1ncc2c(C(=O)OCC(=O)Nc3ccccc3C(C)=O)cc(-c3cccs3)nc21. The van der Waals surface area contributed by atoms with Crippen LogP contribution < -0.4 is 5.32 Å². The number of aromatic nitrogens is 3. The van der Waals surface area contributed by atoms with Crippen LogP contribution in [0.25, 0.3) is 21.6 Å². The van der Waals surface area contributed by atoms with Crippen molar-refractivity contribution < 1.29 is 19.1 Å². The van der Waals surface area contributed by atoms with Crippen molar-refractivity contribution in [1.82, 2.24) is 14.8 Å². The Morgan fingerprint density at radius 3 is 2.66 bits per heavy atom. The van der Waals surface area contributed by atoms with Crippen LogP contribution >= 0.6 is 11.3 Å². The Labute approximate surface area is 187 Å². The Kier molecular flexibility index (Phi) is 6.09. The van der Waals surface area contributed by atoms with Gasteiger partial charge in [-0.3, -0.25) is 9.59 Å². The molecule has 0 aliphatic heterocycles. The van der Waals surface area contributed by atoms with E-state index in [-0.39, 0.29) is 11.3 Å². The number of aryl methyl sites for hydroxylation is 1. The fourth-order valence-corrected chi connectivity index (χ4v) is 3.98. The number of benzene rings is 1. The zero-order chi connectivity index (χ0) is 22.7. The standard InChI is InChI=1S/C23H20N4O4S/c1-3-27-22-17(12-24-27)16(11-19(26-22)20-9-6-10-32-20)23(30)31-13-21(29)25-18-8-5-4-7-15(18)14(2)28/h4-12H,3,13H2,1-2H3,(H,25,29). The third-order valence-corrected chi connectivity index (χ3v) is 5.71. The van der Waals surface area contributed by atoms with E-state index in [4.69, 9.17) is 4.74 Å². The molecule has 0 spiro atoms. The summed E-state index contributed by atoms with van der Waals surface area (Å²) in [5.74, 6) is -1.37. The Morgan fingerprint density at radius 1 is 1.12 bits per heavy atom. The summed E-state index contributed by atoms with van der Waals surface area (Å²) in [7, 11) is 0. The Bertz CT molecular complexity index is 1310. The molecule has 3 aromatic heterocycles. The molecule has 9 heteroatoms. The molecule has 0 aliphatic rings. The number of rotatable bonds is 7. The summed E-state index contributed by atoms with van der Waals surface area (Å²) in [6, 6.07) is 12.1. The van der Waals surface area contributed by atoms with Crippen LogP contribution in [0.3, 0.4) is 0 Å². The summed E-state index contributed by atoms with van der Waals surface area (Å²) in [6.07, 6.45) is 1.57. The first-order chi connectivity index (χ1) is 15.5. The molecule has 0 saturated carbocycles. The van der Waals surface area contributed by atoms with Crippen LogP contribution in [0.4, 0.5) is 5.69 Å². The zero-order valence-corrected chi connectivity index (χ0v) is 18.3. The molecule has 0 saturated heterocycles. The second kappa shape index (κ2) is 9.11. The quantitative estimate of drug-likeness (QED) is 0.336. The van der Waals surface area contributed by atoms with Crippen LogP contribution in [-0.4, -0.2) is 39.0 Å². The van der Waals surface area contributed by atoms with Gasteiger partial charge in [0.2, 0.25) is 0 Å². The number of amides is 1. The summed E-state index contributed by atoms with van der Waals surface area (Å²) in [5, 5.41) is 9.40. The van der Waals surface area contributed by atoms with Gasteiger partial charge in [0.25, 0.3) is 5.91 Å². The Balaban J connectivity index is 1.56. The number of esters is 1. The van der Waals surface area contributed by atoms with Crippen molar-refractivity contribution in [3.8, 4) is 10.6 Å². The molecule has 0 fully saturated rings. The number of nitrogens with one attached hydrogen (secondary N) is 1. The van der Waals surface area contributed by atoms with Crippen molar-refractivity contribution in [3.05, 3.63) is 65.2 Å². The van der Waals surface area contributed by atoms with E-state index in [2.05, 4.69) is 15.4 Å². The summed E-state index contributed by atoms with van der Waals surface area (Å²) >= 11 is 1.51. The minimum Gasteiger partial charge on any atom is -0.452 e. The van der Waals surface area contributed by atoms with Gasteiger partial charge in [-0.2, -0.15) is 5.10 Å². The molecule has 162 valence electrons. The molecule has 1 N–H and O–H groups in total. The van der Waals surface area contributed by atoms with Gasteiger partial charge in [0, 0.05) is 12.1 Å². The highest BCUT2D eigenvalue weighted by Gasteiger charge is 2.20. The van der Waals surface area contributed by atoms with Crippen LogP contribution in [0.5, 0.6) is 0 Å². The number of nitrogens with zero attached hydrogens (tertiary/aromatic N) is 3. The van der Waals surface area contributed by atoms with Crippen molar-refractivity contribution in [3.63, 3.8) is 0 Å². The highest BCUT2D eigenvalue weighted by atomic mass is 32.1. The van der Waals surface area contributed by atoms with E-state index < -0.39 is 18.5 Å². The van der Waals surface area contributed by atoms with Gasteiger partial charge in [-0.15, -0.1) is 11.3 Å². The Morgan fingerprint density at radius 2 is 1.94 bits per heavy atom. The van der Waals surface area contributed by atoms with Crippen molar-refractivity contribution in [2.24, 2.45) is 0 Å². The second-order valence-corrected chi connectivity index (χ2v) is 7.90. The van der Waals surface area contributed by atoms with Gasteiger partial charge >= 0.3 is 5.97 Å². The first-order valence-electron chi connectivity index (χ1n) is 9.95. The van der Waals surface area contributed by atoms with Crippen LogP contribution in [0.15, 0.2) is 54.0 Å². The molecule has 1 amide bonds. The highest BCUT2D eigenvalue weighted by Crippen LogP contribution is 2.28. The molecule has 4 rings (SSSR count). The molecule has 32 heavy (non-hydrogen) atoms. The topological polar surface area (TPSA) is 103 Å². The molecule has 0 unspecified atom stereocenters. The van der Waals surface area contributed by atoms with E-state index in [0.29, 0.717) is 34.5 Å². The number of carbonyl (C=O) groups is 3. The number of carbonyl (C=O) groups excluding carboxylic acids is 3. The lowest BCUT2D eigenvalue weighted by molar-refractivity contribution is -0.119. The normalized spacial score (nSPS) is 10.8. The predicted molar refractivity (Wildman–Crippen MR) is 122 cm³/mol. The average Bonchev–Trinajstić information content (AvgIpc) is 3.47. The number of Topliss-reactive ketones (excluding diaryl/α,β-unsaturated/α-hetero) is 1. The number of hydrogen-bond donors (Lipinski definition) is 1. The summed E-state index contributed by atoms with van der Waals surface area (Å²) in [4.78, 5) is 42.6. The lowest BCUT2D eigenvalue weighted by Crippen LogP contribution is -2.22. The van der Waals surface area contributed by atoms with Crippen LogP contribution in [-0.2, 0) is 16.1 Å². The third kappa shape index (κ3) is 4.28. The summed E-state index contributed by atoms with van der Waals surface area (Å²) in [6.45, 7) is 3.45. The number of ketones is 1. The predicted octanol–water partition coefficient (Wildman–Crippen LogP) is 4.18. The lowest BCUT2D eigenvalue weighted by Gasteiger charge is -2.10. The number of para-hydroxylation sites is 1. The van der Waals surface area contributed by atoms with Crippen LogP contribution in [0, 0.1) is 0 Å². The van der Waals surface area contributed by atoms with Crippen molar-refractivity contribution in [2.45, 2.75) is 20.4 Å². The first-order valence-corrected chi connectivity index (χ1v) is 10.8. The maximum absolute atomic E-state index is 12.9. The zero-order valence-electron chi connectivity index (χ0n) is 17.5. The molecular formula is C23H20N4O4S. The largest absolute Gasteiger partial charge is 0.452 e. The van der Waals surface area contributed by atoms with Gasteiger partial charge in [-0.25, -0.2) is 14.5 Å². The third-order valence-electron chi connectivity index (χ3n) is 4.82. The van der Waals surface area contributed by atoms with Gasteiger partial charge in [0.05, 0.1) is 33.4 Å². The lowest BCUT2D eigenvalue weighted by atomic mass is 10.1. The summed E-state index contributed by atoms with van der Waals surface area (Å²) in [5.41, 5.74) is 2.25. The maximum Gasteiger partial charge on any atom is 0.339 e. The monoisotopic (exact) mass is 448 g/mol. The van der Waals surface area contributed by atoms with Crippen molar-refractivity contribution in [2.75, 3.05) is 11.9 Å². The van der Waals surface area contributed by atoms with E-state index in [0.717, 1.165) is 4.88 Å². The Hall–Kier alpha value is -3.85. The van der Waals surface area contributed by atoms with Gasteiger partial charge in [-0.05, 0) is 43.5 Å².